The fourth-order valence-corrected chi connectivity index (χ4v) is 3.67. The van der Waals surface area contributed by atoms with Gasteiger partial charge in [0.1, 0.15) is 10.7 Å². The largest absolute Gasteiger partial charge is 0.383 e. The molecule has 0 radical (unpaired) electrons. The van der Waals surface area contributed by atoms with Gasteiger partial charge >= 0.3 is 0 Å². The van der Waals surface area contributed by atoms with Crippen LogP contribution in [0.1, 0.15) is 17.5 Å². The summed E-state index contributed by atoms with van der Waals surface area (Å²) in [6.45, 7) is 0. The van der Waals surface area contributed by atoms with Gasteiger partial charge in [0.2, 0.25) is 9.84 Å². The molecule has 0 fully saturated rings. The van der Waals surface area contributed by atoms with Gasteiger partial charge in [-0.2, -0.15) is 5.10 Å². The molecule has 0 aliphatic heterocycles. The van der Waals surface area contributed by atoms with E-state index >= 15 is 0 Å². The van der Waals surface area contributed by atoms with Crippen molar-refractivity contribution < 1.29 is 8.42 Å². The minimum absolute atomic E-state index is 0.0421. The Bertz CT molecular complexity index is 704. The molecule has 1 aliphatic rings. The number of nitrogens with two attached hydrogens (primary N) is 1. The topological polar surface area (TPSA) is 88.8 Å². The summed E-state index contributed by atoms with van der Waals surface area (Å²) in [5, 5.41) is 6.10. The fraction of sp³-hybridized carbons (Fsp3) is 0.250. The van der Waals surface area contributed by atoms with Crippen molar-refractivity contribution in [3.8, 4) is 0 Å². The Kier molecular flexibility index (Phi) is 2.41. The first-order valence-electron chi connectivity index (χ1n) is 5.75. The van der Waals surface area contributed by atoms with Gasteiger partial charge < -0.3 is 5.73 Å². The number of hydrogen-bond acceptors (Lipinski definition) is 4. The van der Waals surface area contributed by atoms with Crippen LogP contribution in [0.25, 0.3) is 0 Å². The quantitative estimate of drug-likeness (QED) is 0.855. The van der Waals surface area contributed by atoms with E-state index in [0.29, 0.717) is 0 Å². The number of sulfone groups is 1. The van der Waals surface area contributed by atoms with E-state index < -0.39 is 9.84 Å². The summed E-state index contributed by atoms with van der Waals surface area (Å²) >= 11 is 0. The van der Waals surface area contributed by atoms with E-state index in [4.69, 9.17) is 5.73 Å². The molecular formula is C12H13N3O2S. The Hall–Kier alpha value is -1.82. The first kappa shape index (κ1) is 11.3. The molecule has 18 heavy (non-hydrogen) atoms. The smallest absolute Gasteiger partial charge is 0.211 e. The third-order valence-corrected chi connectivity index (χ3v) is 5.08. The first-order chi connectivity index (χ1) is 8.59. The van der Waals surface area contributed by atoms with Crippen molar-refractivity contribution in [3.05, 3.63) is 35.5 Å². The van der Waals surface area contributed by atoms with Crippen molar-refractivity contribution in [1.29, 1.82) is 0 Å². The minimum Gasteiger partial charge on any atom is -0.383 e. The van der Waals surface area contributed by atoms with Crippen LogP contribution in [0, 0.1) is 0 Å². The summed E-state index contributed by atoms with van der Waals surface area (Å²) in [6, 6.07) is 5.29. The Morgan fingerprint density at radius 3 is 2.72 bits per heavy atom. The fourth-order valence-electron chi connectivity index (χ4n) is 2.34. The molecule has 0 atom stereocenters. The number of fused-ring (bicyclic) bond motifs is 1. The number of aromatic nitrogens is 2. The molecule has 3 N–H and O–H groups in total. The van der Waals surface area contributed by atoms with Gasteiger partial charge in [-0.15, -0.1) is 0 Å². The number of nitrogens with zero attached hydrogens (tertiary/aromatic N) is 1. The van der Waals surface area contributed by atoms with E-state index in [2.05, 4.69) is 10.2 Å². The lowest BCUT2D eigenvalue weighted by Crippen LogP contribution is -2.04. The SMILES string of the molecule is Nc1[nH]ncc1S(=O)(=O)c1ccc2c(c1)CCC2. The molecule has 6 heteroatoms. The summed E-state index contributed by atoms with van der Waals surface area (Å²) in [5.41, 5.74) is 7.95. The van der Waals surface area contributed by atoms with E-state index in [-0.39, 0.29) is 15.6 Å². The van der Waals surface area contributed by atoms with Gasteiger partial charge in [0.25, 0.3) is 0 Å². The Morgan fingerprint density at radius 2 is 2.00 bits per heavy atom. The predicted octanol–water partition coefficient (Wildman–Crippen LogP) is 1.31. The monoisotopic (exact) mass is 263 g/mol. The summed E-state index contributed by atoms with van der Waals surface area (Å²) in [4.78, 5) is 0.330. The maximum absolute atomic E-state index is 12.4. The highest BCUT2D eigenvalue weighted by Crippen LogP contribution is 2.29. The van der Waals surface area contributed by atoms with Crippen LogP contribution in [0.5, 0.6) is 0 Å². The van der Waals surface area contributed by atoms with Gasteiger partial charge in [-0.1, -0.05) is 6.07 Å². The van der Waals surface area contributed by atoms with Gasteiger partial charge in [0, 0.05) is 0 Å². The number of anilines is 1. The van der Waals surface area contributed by atoms with Crippen LogP contribution in [-0.4, -0.2) is 18.6 Å². The molecule has 0 saturated heterocycles. The zero-order chi connectivity index (χ0) is 12.8. The lowest BCUT2D eigenvalue weighted by molar-refractivity contribution is 0.596. The maximum Gasteiger partial charge on any atom is 0.211 e. The van der Waals surface area contributed by atoms with Crippen LogP contribution in [0.3, 0.4) is 0 Å². The molecule has 0 spiro atoms. The number of nitrogens with one attached hydrogen (secondary N) is 1. The molecule has 1 aromatic carbocycles. The van der Waals surface area contributed by atoms with Crippen LogP contribution < -0.4 is 5.73 Å². The van der Waals surface area contributed by atoms with E-state index in [9.17, 15) is 8.42 Å². The average Bonchev–Trinajstić information content (AvgIpc) is 2.95. The van der Waals surface area contributed by atoms with Crippen LogP contribution >= 0.6 is 0 Å². The number of benzene rings is 1. The number of nitrogen functional groups attached to an aromatic ring is 1. The third kappa shape index (κ3) is 1.60. The summed E-state index contributed by atoms with van der Waals surface area (Å²) in [7, 11) is -3.57. The second kappa shape index (κ2) is 3.84. The van der Waals surface area contributed by atoms with Gasteiger partial charge in [0.15, 0.2) is 0 Å². The van der Waals surface area contributed by atoms with Crippen LogP contribution in [0.4, 0.5) is 5.82 Å². The molecule has 0 unspecified atom stereocenters. The number of aryl methyl sites for hydroxylation is 2. The van der Waals surface area contributed by atoms with Crippen molar-refractivity contribution in [3.63, 3.8) is 0 Å². The molecule has 2 aromatic rings. The number of rotatable bonds is 2. The number of hydrogen-bond donors (Lipinski definition) is 2. The summed E-state index contributed by atoms with van der Waals surface area (Å²) in [6.07, 6.45) is 4.31. The molecule has 5 nitrogen and oxygen atoms in total. The Balaban J connectivity index is 2.13. The molecule has 1 aliphatic carbocycles. The second-order valence-electron chi connectivity index (χ2n) is 4.44. The van der Waals surface area contributed by atoms with Crippen molar-refractivity contribution in [1.82, 2.24) is 10.2 Å². The average molecular weight is 263 g/mol. The zero-order valence-corrected chi connectivity index (χ0v) is 10.5. The maximum atomic E-state index is 12.4. The highest BCUT2D eigenvalue weighted by Gasteiger charge is 2.23. The molecule has 1 aromatic heterocycles. The van der Waals surface area contributed by atoms with Crippen molar-refractivity contribution >= 4 is 15.7 Å². The molecule has 94 valence electrons. The van der Waals surface area contributed by atoms with E-state index in [1.807, 2.05) is 6.07 Å². The Morgan fingerprint density at radius 1 is 1.22 bits per heavy atom. The van der Waals surface area contributed by atoms with Crippen molar-refractivity contribution in [2.45, 2.75) is 29.1 Å². The Labute approximate surface area is 105 Å². The number of aromatic amines is 1. The van der Waals surface area contributed by atoms with E-state index in [1.165, 1.54) is 11.8 Å². The minimum atomic E-state index is -3.57. The van der Waals surface area contributed by atoms with Crippen LogP contribution in [0.2, 0.25) is 0 Å². The summed E-state index contributed by atoms with van der Waals surface area (Å²) < 4.78 is 24.8. The highest BCUT2D eigenvalue weighted by molar-refractivity contribution is 7.91. The lowest BCUT2D eigenvalue weighted by Gasteiger charge is -2.05. The predicted molar refractivity (Wildman–Crippen MR) is 66.9 cm³/mol. The molecule has 0 bridgehead atoms. The second-order valence-corrected chi connectivity index (χ2v) is 6.35. The highest BCUT2D eigenvalue weighted by atomic mass is 32.2. The van der Waals surface area contributed by atoms with Crippen molar-refractivity contribution in [2.24, 2.45) is 0 Å². The normalized spacial score (nSPS) is 14.7. The first-order valence-corrected chi connectivity index (χ1v) is 7.23. The van der Waals surface area contributed by atoms with Crippen molar-refractivity contribution in [2.75, 3.05) is 5.73 Å². The van der Waals surface area contributed by atoms with Crippen LogP contribution in [-0.2, 0) is 22.7 Å². The number of H-pyrrole nitrogens is 1. The third-order valence-electron chi connectivity index (χ3n) is 3.30. The molecule has 0 saturated carbocycles. The zero-order valence-electron chi connectivity index (χ0n) is 9.68. The molecule has 1 heterocycles. The van der Waals surface area contributed by atoms with Gasteiger partial charge in [-0.3, -0.25) is 5.10 Å². The lowest BCUT2D eigenvalue weighted by atomic mass is 10.1. The molecule has 0 amide bonds. The van der Waals surface area contributed by atoms with Gasteiger partial charge in [-0.25, -0.2) is 8.42 Å². The molecule has 3 rings (SSSR count). The standard InChI is InChI=1S/C12H13N3O2S/c13-12-11(7-14-15-12)18(16,17)10-5-4-8-2-1-3-9(8)6-10/h4-7H,1-3H2,(H3,13,14,15). The van der Waals surface area contributed by atoms with E-state index in [0.717, 1.165) is 24.8 Å². The summed E-state index contributed by atoms with van der Waals surface area (Å²) in [5.74, 6) is 0.0792. The van der Waals surface area contributed by atoms with E-state index in [1.54, 1.807) is 12.1 Å². The van der Waals surface area contributed by atoms with Gasteiger partial charge in [-0.05, 0) is 42.5 Å². The van der Waals surface area contributed by atoms with Crippen LogP contribution in [0.15, 0.2) is 34.2 Å². The van der Waals surface area contributed by atoms with Gasteiger partial charge in [0.05, 0.1) is 11.1 Å². The molecular weight excluding hydrogens is 250 g/mol.